The van der Waals surface area contributed by atoms with E-state index in [-0.39, 0.29) is 4.47 Å². The van der Waals surface area contributed by atoms with Crippen LogP contribution >= 0.6 is 22.9 Å². The number of hydrogen-bond acceptors (Lipinski definition) is 4. The Labute approximate surface area is 117 Å². The molecule has 0 aliphatic carbocycles. The fraction of sp³-hybridized carbons (Fsp3) is 0.727. The Morgan fingerprint density at radius 2 is 2.28 bits per heavy atom. The minimum atomic E-state index is -3.41. The number of piperidine rings is 1. The van der Waals surface area contributed by atoms with Gasteiger partial charge in [-0.2, -0.15) is 4.31 Å². The van der Waals surface area contributed by atoms with Gasteiger partial charge in [-0.1, -0.05) is 36.3 Å². The first-order chi connectivity index (χ1) is 8.45. The van der Waals surface area contributed by atoms with E-state index in [0.717, 1.165) is 30.6 Å². The fourth-order valence-corrected chi connectivity index (χ4v) is 5.71. The highest BCUT2D eigenvalue weighted by molar-refractivity contribution is 7.91. The highest BCUT2D eigenvalue weighted by Crippen LogP contribution is 2.32. The lowest BCUT2D eigenvalue weighted by Crippen LogP contribution is -2.39. The van der Waals surface area contributed by atoms with Gasteiger partial charge in [0.05, 0.1) is 5.69 Å². The molecule has 7 heteroatoms. The van der Waals surface area contributed by atoms with E-state index in [1.54, 1.807) is 11.2 Å². The lowest BCUT2D eigenvalue weighted by atomic mass is 9.97. The van der Waals surface area contributed by atoms with Gasteiger partial charge in [-0.3, -0.25) is 0 Å². The Hall–Kier alpha value is -0.170. The SMILES string of the molecule is CCC1CCCN(S(=O)(=O)c2sc(Cl)nc2C)C1. The van der Waals surface area contributed by atoms with Gasteiger partial charge in [-0.05, 0) is 25.7 Å². The van der Waals surface area contributed by atoms with Crippen LogP contribution in [0, 0.1) is 12.8 Å². The zero-order chi connectivity index (χ0) is 13.3. The maximum absolute atomic E-state index is 12.5. The lowest BCUT2D eigenvalue weighted by molar-refractivity contribution is 0.262. The summed E-state index contributed by atoms with van der Waals surface area (Å²) in [7, 11) is -3.41. The van der Waals surface area contributed by atoms with Gasteiger partial charge in [0.2, 0.25) is 0 Å². The van der Waals surface area contributed by atoms with Crippen molar-refractivity contribution in [1.82, 2.24) is 9.29 Å². The molecular formula is C11H17ClN2O2S2. The minimum Gasteiger partial charge on any atom is -0.229 e. The maximum Gasteiger partial charge on any atom is 0.254 e. The first-order valence-corrected chi connectivity index (χ1v) is 8.71. The molecule has 0 radical (unpaired) electrons. The number of hydrogen-bond donors (Lipinski definition) is 0. The molecule has 0 bridgehead atoms. The maximum atomic E-state index is 12.5. The van der Waals surface area contributed by atoms with E-state index in [4.69, 9.17) is 11.6 Å². The largest absolute Gasteiger partial charge is 0.254 e. The van der Waals surface area contributed by atoms with E-state index in [1.165, 1.54) is 0 Å². The highest BCUT2D eigenvalue weighted by Gasteiger charge is 2.32. The van der Waals surface area contributed by atoms with Crippen molar-refractivity contribution in [2.24, 2.45) is 5.92 Å². The summed E-state index contributed by atoms with van der Waals surface area (Å²) in [6, 6.07) is 0. The third-order valence-electron chi connectivity index (χ3n) is 3.36. The molecule has 1 unspecified atom stereocenters. The standard InChI is InChI=1S/C11H17ClN2O2S2/c1-3-9-5-4-6-14(7-9)18(15,16)10-8(2)13-11(12)17-10/h9H,3-7H2,1-2H3. The second kappa shape index (κ2) is 5.45. The van der Waals surface area contributed by atoms with Crippen molar-refractivity contribution >= 4 is 33.0 Å². The predicted molar refractivity (Wildman–Crippen MR) is 73.6 cm³/mol. The number of sulfonamides is 1. The fourth-order valence-electron chi connectivity index (χ4n) is 2.29. The third-order valence-corrected chi connectivity index (χ3v) is 7.08. The monoisotopic (exact) mass is 308 g/mol. The number of thiazole rings is 1. The van der Waals surface area contributed by atoms with E-state index in [9.17, 15) is 8.42 Å². The molecule has 2 rings (SSSR count). The summed E-state index contributed by atoms with van der Waals surface area (Å²) in [4.78, 5) is 3.99. The van der Waals surface area contributed by atoms with E-state index in [2.05, 4.69) is 11.9 Å². The van der Waals surface area contributed by atoms with E-state index in [0.29, 0.717) is 28.9 Å². The van der Waals surface area contributed by atoms with Crippen molar-refractivity contribution in [2.45, 2.75) is 37.3 Å². The normalized spacial score (nSPS) is 22.3. The first kappa shape index (κ1) is 14.2. The molecule has 18 heavy (non-hydrogen) atoms. The summed E-state index contributed by atoms with van der Waals surface area (Å²) in [5.74, 6) is 0.470. The summed E-state index contributed by atoms with van der Waals surface area (Å²) < 4.78 is 27.2. The zero-order valence-electron chi connectivity index (χ0n) is 10.5. The quantitative estimate of drug-likeness (QED) is 0.862. The molecule has 1 aliphatic rings. The average Bonchev–Trinajstić information content (AvgIpc) is 2.69. The van der Waals surface area contributed by atoms with Gasteiger partial charge in [-0.25, -0.2) is 13.4 Å². The molecule has 0 aromatic carbocycles. The molecule has 0 N–H and O–H groups in total. The Balaban J connectivity index is 2.28. The van der Waals surface area contributed by atoms with E-state index >= 15 is 0 Å². The van der Waals surface area contributed by atoms with Crippen LogP contribution in [-0.4, -0.2) is 30.8 Å². The summed E-state index contributed by atoms with van der Waals surface area (Å²) >= 11 is 6.84. The number of nitrogens with zero attached hydrogens (tertiary/aromatic N) is 2. The molecule has 1 aliphatic heterocycles. The predicted octanol–water partition coefficient (Wildman–Crippen LogP) is 2.92. The molecule has 0 amide bonds. The van der Waals surface area contributed by atoms with E-state index in [1.807, 2.05) is 0 Å². The molecular weight excluding hydrogens is 292 g/mol. The molecule has 102 valence electrons. The summed E-state index contributed by atoms with van der Waals surface area (Å²) in [6.45, 7) is 5.02. The first-order valence-electron chi connectivity index (χ1n) is 6.08. The van der Waals surface area contributed by atoms with Crippen LogP contribution < -0.4 is 0 Å². The van der Waals surface area contributed by atoms with Gasteiger partial charge in [-0.15, -0.1) is 0 Å². The van der Waals surface area contributed by atoms with Crippen molar-refractivity contribution < 1.29 is 8.42 Å². The Morgan fingerprint density at radius 3 is 2.83 bits per heavy atom. The van der Waals surface area contributed by atoms with Gasteiger partial charge in [0.25, 0.3) is 10.0 Å². The smallest absolute Gasteiger partial charge is 0.229 e. The van der Waals surface area contributed by atoms with Crippen molar-refractivity contribution in [3.63, 3.8) is 0 Å². The second-order valence-electron chi connectivity index (χ2n) is 4.62. The molecule has 0 spiro atoms. The van der Waals surface area contributed by atoms with Crippen molar-refractivity contribution in [3.8, 4) is 0 Å². The number of halogens is 1. The van der Waals surface area contributed by atoms with Crippen molar-refractivity contribution in [3.05, 3.63) is 10.2 Å². The Kier molecular flexibility index (Phi) is 4.31. The topological polar surface area (TPSA) is 50.3 Å². The van der Waals surface area contributed by atoms with Crippen LogP contribution in [0.15, 0.2) is 4.21 Å². The highest BCUT2D eigenvalue weighted by atomic mass is 35.5. The lowest BCUT2D eigenvalue weighted by Gasteiger charge is -2.31. The molecule has 1 fully saturated rings. The molecule has 1 saturated heterocycles. The number of aryl methyl sites for hydroxylation is 1. The van der Waals surface area contributed by atoms with Gasteiger partial charge in [0.1, 0.15) is 0 Å². The minimum absolute atomic E-state index is 0.287. The molecule has 0 saturated carbocycles. The van der Waals surface area contributed by atoms with Gasteiger partial charge >= 0.3 is 0 Å². The molecule has 4 nitrogen and oxygen atoms in total. The van der Waals surface area contributed by atoms with Crippen LogP contribution in [-0.2, 0) is 10.0 Å². The second-order valence-corrected chi connectivity index (χ2v) is 8.33. The Bertz CT molecular complexity index is 527. The molecule has 1 aromatic rings. The summed E-state index contributed by atoms with van der Waals surface area (Å²) in [5.41, 5.74) is 0.503. The van der Waals surface area contributed by atoms with Crippen LogP contribution in [0.4, 0.5) is 0 Å². The van der Waals surface area contributed by atoms with Crippen LogP contribution in [0.25, 0.3) is 0 Å². The summed E-state index contributed by atoms with van der Waals surface area (Å²) in [5, 5.41) is 0. The number of rotatable bonds is 3. The van der Waals surface area contributed by atoms with E-state index < -0.39 is 10.0 Å². The van der Waals surface area contributed by atoms with Gasteiger partial charge in [0.15, 0.2) is 8.68 Å². The summed E-state index contributed by atoms with van der Waals surface area (Å²) in [6.07, 6.45) is 3.07. The van der Waals surface area contributed by atoms with Crippen LogP contribution in [0.5, 0.6) is 0 Å². The number of aromatic nitrogens is 1. The van der Waals surface area contributed by atoms with Crippen LogP contribution in [0.1, 0.15) is 31.9 Å². The van der Waals surface area contributed by atoms with Gasteiger partial charge in [0, 0.05) is 13.1 Å². The van der Waals surface area contributed by atoms with Gasteiger partial charge < -0.3 is 0 Å². The van der Waals surface area contributed by atoms with Crippen LogP contribution in [0.3, 0.4) is 0 Å². The average molecular weight is 309 g/mol. The van der Waals surface area contributed by atoms with Crippen molar-refractivity contribution in [2.75, 3.05) is 13.1 Å². The molecule has 1 atom stereocenters. The van der Waals surface area contributed by atoms with Crippen LogP contribution in [0.2, 0.25) is 4.47 Å². The molecule has 2 heterocycles. The Morgan fingerprint density at radius 1 is 1.56 bits per heavy atom. The molecule has 1 aromatic heterocycles. The van der Waals surface area contributed by atoms with Crippen molar-refractivity contribution in [1.29, 1.82) is 0 Å². The zero-order valence-corrected chi connectivity index (χ0v) is 12.9. The third kappa shape index (κ3) is 2.71.